The van der Waals surface area contributed by atoms with Crippen molar-refractivity contribution < 1.29 is 14.7 Å². The van der Waals surface area contributed by atoms with E-state index in [1.807, 2.05) is 30.3 Å². The fraction of sp³-hybridized carbons (Fsp3) is 0.579. The second-order valence-corrected chi connectivity index (χ2v) is 6.56. The third-order valence-corrected chi connectivity index (χ3v) is 4.68. The van der Waals surface area contributed by atoms with E-state index in [1.54, 1.807) is 0 Å². The minimum Gasteiger partial charge on any atom is -0.396 e. The summed E-state index contributed by atoms with van der Waals surface area (Å²) in [4.78, 5) is 24.3. The Kier molecular flexibility index (Phi) is 7.25. The van der Waals surface area contributed by atoms with Crippen LogP contribution in [0.4, 0.5) is 0 Å². The molecule has 1 saturated carbocycles. The van der Waals surface area contributed by atoms with Crippen molar-refractivity contribution in [2.45, 2.75) is 57.5 Å². The van der Waals surface area contributed by atoms with Gasteiger partial charge >= 0.3 is 0 Å². The number of aliphatic hydroxyl groups excluding tert-OH is 1. The van der Waals surface area contributed by atoms with Crippen LogP contribution in [0.5, 0.6) is 0 Å². The normalized spacial score (nSPS) is 17.2. The Balaban J connectivity index is 2.09. The number of nitrogens with one attached hydrogen (secondary N) is 2. The maximum atomic E-state index is 12.8. The Morgan fingerprint density at radius 2 is 1.83 bits per heavy atom. The predicted molar refractivity (Wildman–Crippen MR) is 93.2 cm³/mol. The third kappa shape index (κ3) is 5.34. The van der Waals surface area contributed by atoms with Crippen molar-refractivity contribution >= 4 is 11.8 Å². The Morgan fingerprint density at radius 1 is 1.17 bits per heavy atom. The van der Waals surface area contributed by atoms with Crippen LogP contribution in [0.2, 0.25) is 0 Å². The number of amides is 2. The van der Waals surface area contributed by atoms with Crippen LogP contribution in [0.15, 0.2) is 30.3 Å². The van der Waals surface area contributed by atoms with Crippen molar-refractivity contribution in [3.05, 3.63) is 35.9 Å². The van der Waals surface area contributed by atoms with Gasteiger partial charge in [0.2, 0.25) is 11.8 Å². The highest BCUT2D eigenvalue weighted by molar-refractivity contribution is 5.87. The van der Waals surface area contributed by atoms with Crippen LogP contribution in [0, 0.1) is 5.92 Å². The molecule has 0 spiro atoms. The van der Waals surface area contributed by atoms with Crippen LogP contribution in [-0.4, -0.2) is 29.6 Å². The Morgan fingerprint density at radius 3 is 2.42 bits per heavy atom. The molecule has 1 aromatic carbocycles. The maximum Gasteiger partial charge on any atom is 0.243 e. The fourth-order valence-corrected chi connectivity index (χ4v) is 3.47. The molecule has 1 fully saturated rings. The summed E-state index contributed by atoms with van der Waals surface area (Å²) in [6.45, 7) is 1.55. The van der Waals surface area contributed by atoms with E-state index < -0.39 is 6.04 Å². The molecule has 3 N–H and O–H groups in total. The standard InChI is InChI=1S/C19H28N2O3/c1-14(23)20-18(16-10-5-6-11-16)19(24)21-17(12-7-13-22)15-8-3-2-4-9-15/h2-4,8-9,16-18,22H,5-7,10-13H2,1H3,(H,20,23)(H,21,24). The minimum atomic E-state index is -0.467. The third-order valence-electron chi connectivity index (χ3n) is 4.68. The topological polar surface area (TPSA) is 78.4 Å². The van der Waals surface area contributed by atoms with Crippen molar-refractivity contribution in [3.8, 4) is 0 Å². The van der Waals surface area contributed by atoms with Crippen molar-refractivity contribution in [1.29, 1.82) is 0 Å². The SMILES string of the molecule is CC(=O)NC(C(=O)NC(CCCO)c1ccccc1)C1CCCC1. The van der Waals surface area contributed by atoms with E-state index in [2.05, 4.69) is 10.6 Å². The smallest absolute Gasteiger partial charge is 0.243 e. The van der Waals surface area contributed by atoms with Gasteiger partial charge in [0, 0.05) is 13.5 Å². The summed E-state index contributed by atoms with van der Waals surface area (Å²) in [6, 6.07) is 9.16. The molecule has 0 radical (unpaired) electrons. The molecule has 0 heterocycles. The summed E-state index contributed by atoms with van der Waals surface area (Å²) in [5, 5.41) is 15.0. The van der Waals surface area contributed by atoms with E-state index >= 15 is 0 Å². The van der Waals surface area contributed by atoms with Gasteiger partial charge in [0.15, 0.2) is 0 Å². The first kappa shape index (κ1) is 18.5. The average Bonchev–Trinajstić information content (AvgIpc) is 3.11. The number of carbonyl (C=O) groups excluding carboxylic acids is 2. The lowest BCUT2D eigenvalue weighted by molar-refractivity contribution is -0.130. The summed E-state index contributed by atoms with van der Waals surface area (Å²) < 4.78 is 0. The predicted octanol–water partition coefficient (Wildman–Crippen LogP) is 2.31. The molecule has 2 atom stereocenters. The lowest BCUT2D eigenvalue weighted by Gasteiger charge is -2.27. The number of rotatable bonds is 8. The van der Waals surface area contributed by atoms with E-state index in [-0.39, 0.29) is 30.4 Å². The van der Waals surface area contributed by atoms with E-state index in [4.69, 9.17) is 5.11 Å². The quantitative estimate of drug-likeness (QED) is 0.683. The first-order valence-corrected chi connectivity index (χ1v) is 8.85. The van der Waals surface area contributed by atoms with Crippen LogP contribution in [0.3, 0.4) is 0 Å². The molecule has 24 heavy (non-hydrogen) atoms. The Labute approximate surface area is 143 Å². The highest BCUT2D eigenvalue weighted by atomic mass is 16.3. The molecular formula is C19H28N2O3. The molecule has 1 aliphatic rings. The van der Waals surface area contributed by atoms with E-state index in [1.165, 1.54) is 6.92 Å². The van der Waals surface area contributed by atoms with Gasteiger partial charge in [0.05, 0.1) is 6.04 Å². The van der Waals surface area contributed by atoms with Gasteiger partial charge in [0.25, 0.3) is 0 Å². The van der Waals surface area contributed by atoms with Gasteiger partial charge in [-0.15, -0.1) is 0 Å². The monoisotopic (exact) mass is 332 g/mol. The summed E-state index contributed by atoms with van der Waals surface area (Å²) in [6.07, 6.45) is 5.47. The lowest BCUT2D eigenvalue weighted by Crippen LogP contribution is -2.50. The number of benzene rings is 1. The Bertz CT molecular complexity index is 527. The molecule has 5 heteroatoms. The van der Waals surface area contributed by atoms with Crippen molar-refractivity contribution in [1.82, 2.24) is 10.6 Å². The second kappa shape index (κ2) is 9.42. The number of aliphatic hydroxyl groups is 1. The van der Waals surface area contributed by atoms with Crippen LogP contribution >= 0.6 is 0 Å². The number of carbonyl (C=O) groups is 2. The fourth-order valence-electron chi connectivity index (χ4n) is 3.47. The zero-order valence-electron chi connectivity index (χ0n) is 14.3. The molecular weight excluding hydrogens is 304 g/mol. The molecule has 132 valence electrons. The second-order valence-electron chi connectivity index (χ2n) is 6.56. The summed E-state index contributed by atoms with van der Waals surface area (Å²) >= 11 is 0. The van der Waals surface area contributed by atoms with Gasteiger partial charge in [-0.25, -0.2) is 0 Å². The van der Waals surface area contributed by atoms with Gasteiger partial charge in [-0.05, 0) is 37.2 Å². The zero-order valence-corrected chi connectivity index (χ0v) is 14.3. The largest absolute Gasteiger partial charge is 0.396 e. The highest BCUT2D eigenvalue weighted by Gasteiger charge is 2.32. The highest BCUT2D eigenvalue weighted by Crippen LogP contribution is 2.28. The minimum absolute atomic E-state index is 0.0942. The van der Waals surface area contributed by atoms with Crippen LogP contribution < -0.4 is 10.6 Å². The van der Waals surface area contributed by atoms with Gasteiger partial charge in [-0.3, -0.25) is 9.59 Å². The van der Waals surface area contributed by atoms with Gasteiger partial charge < -0.3 is 15.7 Å². The van der Waals surface area contributed by atoms with Crippen molar-refractivity contribution in [2.24, 2.45) is 5.92 Å². The van der Waals surface area contributed by atoms with E-state index in [0.29, 0.717) is 12.8 Å². The van der Waals surface area contributed by atoms with Gasteiger partial charge in [-0.1, -0.05) is 43.2 Å². The van der Waals surface area contributed by atoms with Crippen LogP contribution in [0.1, 0.15) is 57.1 Å². The van der Waals surface area contributed by atoms with Crippen molar-refractivity contribution in [2.75, 3.05) is 6.61 Å². The molecule has 2 amide bonds. The Hall–Kier alpha value is -1.88. The average molecular weight is 332 g/mol. The zero-order chi connectivity index (χ0) is 17.4. The van der Waals surface area contributed by atoms with E-state index in [9.17, 15) is 9.59 Å². The summed E-state index contributed by atoms with van der Waals surface area (Å²) in [5.41, 5.74) is 1.02. The summed E-state index contributed by atoms with van der Waals surface area (Å²) in [7, 11) is 0. The molecule has 1 aliphatic carbocycles. The van der Waals surface area contributed by atoms with Crippen LogP contribution in [-0.2, 0) is 9.59 Å². The van der Waals surface area contributed by atoms with Gasteiger partial charge in [-0.2, -0.15) is 0 Å². The number of hydrogen-bond acceptors (Lipinski definition) is 3. The van der Waals surface area contributed by atoms with Gasteiger partial charge in [0.1, 0.15) is 6.04 Å². The molecule has 2 rings (SSSR count). The summed E-state index contributed by atoms with van der Waals surface area (Å²) in [5.74, 6) is -0.0827. The van der Waals surface area contributed by atoms with Crippen molar-refractivity contribution in [3.63, 3.8) is 0 Å². The molecule has 2 unspecified atom stereocenters. The lowest BCUT2D eigenvalue weighted by atomic mass is 9.95. The first-order valence-electron chi connectivity index (χ1n) is 8.85. The molecule has 1 aromatic rings. The first-order chi connectivity index (χ1) is 11.6. The molecule has 0 aliphatic heterocycles. The molecule has 5 nitrogen and oxygen atoms in total. The molecule has 0 bridgehead atoms. The molecule has 0 aromatic heterocycles. The van der Waals surface area contributed by atoms with Crippen LogP contribution in [0.25, 0.3) is 0 Å². The molecule has 0 saturated heterocycles. The maximum absolute atomic E-state index is 12.8. The number of hydrogen-bond donors (Lipinski definition) is 3. The van der Waals surface area contributed by atoms with E-state index in [0.717, 1.165) is 31.2 Å².